The van der Waals surface area contributed by atoms with Crippen LogP contribution in [0.15, 0.2) is 48.5 Å². The number of aliphatic hydroxyl groups is 1. The van der Waals surface area contributed by atoms with Crippen LogP contribution < -0.4 is 10.1 Å². The quantitative estimate of drug-likeness (QED) is 0.678. The third kappa shape index (κ3) is 5.33. The number of hydrogen-bond donors (Lipinski definition) is 3. The maximum atomic E-state index is 12.2. The topological polar surface area (TPSA) is 95.9 Å². The van der Waals surface area contributed by atoms with E-state index in [9.17, 15) is 19.8 Å². The van der Waals surface area contributed by atoms with E-state index in [1.807, 2.05) is 0 Å². The molecule has 2 aromatic rings. The van der Waals surface area contributed by atoms with Crippen molar-refractivity contribution in [3.8, 4) is 5.75 Å². The molecule has 0 saturated heterocycles. The highest BCUT2D eigenvalue weighted by molar-refractivity contribution is 5.92. The van der Waals surface area contributed by atoms with Crippen molar-refractivity contribution in [1.29, 1.82) is 0 Å². The standard InChI is InChI=1S/C22H25NO5/c24-19-7-3-4-8-20(19)28-17-12-10-16(11-13-17)23-21(25)14-9-15-5-1-2-6-18(15)22(26)27/h1-2,5-6,10-13,19-20,24H,3-4,7-9,14H2,(H,23,25)(H,26,27). The van der Waals surface area contributed by atoms with Crippen LogP contribution in [0.2, 0.25) is 0 Å². The van der Waals surface area contributed by atoms with Gasteiger partial charge in [0.1, 0.15) is 11.9 Å². The number of ether oxygens (including phenoxy) is 1. The van der Waals surface area contributed by atoms with Crippen molar-refractivity contribution in [1.82, 2.24) is 0 Å². The highest BCUT2D eigenvalue weighted by Gasteiger charge is 2.24. The fourth-order valence-corrected chi connectivity index (χ4v) is 3.43. The zero-order chi connectivity index (χ0) is 19.9. The summed E-state index contributed by atoms with van der Waals surface area (Å²) in [5.41, 5.74) is 1.51. The molecule has 1 aliphatic rings. The number of carbonyl (C=O) groups excluding carboxylic acids is 1. The smallest absolute Gasteiger partial charge is 0.335 e. The van der Waals surface area contributed by atoms with Gasteiger partial charge in [0.05, 0.1) is 11.7 Å². The summed E-state index contributed by atoms with van der Waals surface area (Å²) < 4.78 is 5.85. The largest absolute Gasteiger partial charge is 0.488 e. The number of amides is 1. The van der Waals surface area contributed by atoms with Crippen LogP contribution in [0.4, 0.5) is 5.69 Å². The molecule has 3 N–H and O–H groups in total. The predicted molar refractivity (Wildman–Crippen MR) is 106 cm³/mol. The van der Waals surface area contributed by atoms with Gasteiger partial charge in [0.2, 0.25) is 5.91 Å². The molecule has 1 fully saturated rings. The SMILES string of the molecule is O=C(CCc1ccccc1C(=O)O)Nc1ccc(OC2CCCCC2O)cc1. The summed E-state index contributed by atoms with van der Waals surface area (Å²) >= 11 is 0. The van der Waals surface area contributed by atoms with E-state index in [2.05, 4.69) is 5.32 Å². The van der Waals surface area contributed by atoms with E-state index in [4.69, 9.17) is 4.74 Å². The molecule has 0 spiro atoms. The molecule has 2 aromatic carbocycles. The maximum absolute atomic E-state index is 12.2. The number of hydrogen-bond acceptors (Lipinski definition) is 4. The highest BCUT2D eigenvalue weighted by Crippen LogP contribution is 2.25. The van der Waals surface area contributed by atoms with E-state index in [0.29, 0.717) is 23.4 Å². The summed E-state index contributed by atoms with van der Waals surface area (Å²) in [5.74, 6) is -0.509. The molecule has 28 heavy (non-hydrogen) atoms. The monoisotopic (exact) mass is 383 g/mol. The van der Waals surface area contributed by atoms with Crippen molar-refractivity contribution in [2.45, 2.75) is 50.7 Å². The molecule has 6 nitrogen and oxygen atoms in total. The molecule has 2 unspecified atom stereocenters. The lowest BCUT2D eigenvalue weighted by atomic mass is 9.95. The van der Waals surface area contributed by atoms with Crippen LogP contribution in [0.5, 0.6) is 5.75 Å². The Kier molecular flexibility index (Phi) is 6.66. The van der Waals surface area contributed by atoms with Crippen LogP contribution in [0, 0.1) is 0 Å². The number of rotatable bonds is 7. The Bertz CT molecular complexity index is 818. The van der Waals surface area contributed by atoms with Gasteiger partial charge < -0.3 is 20.3 Å². The molecule has 2 atom stereocenters. The van der Waals surface area contributed by atoms with E-state index < -0.39 is 12.1 Å². The van der Waals surface area contributed by atoms with Crippen LogP contribution in [-0.4, -0.2) is 34.3 Å². The summed E-state index contributed by atoms with van der Waals surface area (Å²) in [5, 5.41) is 22.0. The van der Waals surface area contributed by atoms with E-state index in [0.717, 1.165) is 25.7 Å². The molecule has 6 heteroatoms. The first kappa shape index (κ1) is 19.9. The average molecular weight is 383 g/mol. The minimum Gasteiger partial charge on any atom is -0.488 e. The van der Waals surface area contributed by atoms with Crippen LogP contribution >= 0.6 is 0 Å². The molecule has 0 bridgehead atoms. The Morgan fingerprint density at radius 3 is 2.46 bits per heavy atom. The van der Waals surface area contributed by atoms with Gasteiger partial charge >= 0.3 is 5.97 Å². The third-order valence-corrected chi connectivity index (χ3v) is 4.96. The lowest BCUT2D eigenvalue weighted by Gasteiger charge is -2.28. The summed E-state index contributed by atoms with van der Waals surface area (Å²) in [6.07, 6.45) is 3.64. The number of aromatic carboxylic acids is 1. The fraction of sp³-hybridized carbons (Fsp3) is 0.364. The molecule has 1 aliphatic carbocycles. The Morgan fingerprint density at radius 1 is 1.04 bits per heavy atom. The zero-order valence-electron chi connectivity index (χ0n) is 15.6. The van der Waals surface area contributed by atoms with Gasteiger partial charge in [-0.05, 0) is 61.6 Å². The first-order chi connectivity index (χ1) is 13.5. The molecule has 3 rings (SSSR count). The van der Waals surface area contributed by atoms with Gasteiger partial charge in [-0.2, -0.15) is 0 Å². The molecule has 0 radical (unpaired) electrons. The van der Waals surface area contributed by atoms with Gasteiger partial charge in [-0.15, -0.1) is 0 Å². The minimum atomic E-state index is -0.991. The lowest BCUT2D eigenvalue weighted by Crippen LogP contribution is -2.34. The molecular formula is C22H25NO5. The summed E-state index contributed by atoms with van der Waals surface area (Å²) in [7, 11) is 0. The molecular weight excluding hydrogens is 358 g/mol. The summed E-state index contributed by atoms with van der Waals surface area (Å²) in [4.78, 5) is 23.4. The second kappa shape index (κ2) is 9.37. The van der Waals surface area contributed by atoms with Gasteiger partial charge in [-0.1, -0.05) is 24.6 Å². The van der Waals surface area contributed by atoms with Gasteiger partial charge in [0.25, 0.3) is 0 Å². The van der Waals surface area contributed by atoms with Crippen molar-refractivity contribution in [2.75, 3.05) is 5.32 Å². The van der Waals surface area contributed by atoms with E-state index >= 15 is 0 Å². The Hall–Kier alpha value is -2.86. The molecule has 148 valence electrons. The maximum Gasteiger partial charge on any atom is 0.335 e. The van der Waals surface area contributed by atoms with Gasteiger partial charge in [0, 0.05) is 12.1 Å². The number of aliphatic hydroxyl groups excluding tert-OH is 1. The number of carboxylic acid groups (broad SMARTS) is 1. The van der Waals surface area contributed by atoms with Crippen LogP contribution in [0.25, 0.3) is 0 Å². The van der Waals surface area contributed by atoms with E-state index in [1.54, 1.807) is 42.5 Å². The van der Waals surface area contributed by atoms with Crippen molar-refractivity contribution in [3.05, 3.63) is 59.7 Å². The molecule has 0 aliphatic heterocycles. The van der Waals surface area contributed by atoms with Gasteiger partial charge in [-0.25, -0.2) is 4.79 Å². The average Bonchev–Trinajstić information content (AvgIpc) is 2.70. The second-order valence-corrected chi connectivity index (χ2v) is 7.04. The first-order valence-electron chi connectivity index (χ1n) is 9.59. The Morgan fingerprint density at radius 2 is 1.75 bits per heavy atom. The number of benzene rings is 2. The van der Waals surface area contributed by atoms with Crippen molar-refractivity contribution in [3.63, 3.8) is 0 Å². The molecule has 1 amide bonds. The third-order valence-electron chi connectivity index (χ3n) is 4.96. The number of nitrogens with one attached hydrogen (secondary N) is 1. The van der Waals surface area contributed by atoms with Crippen LogP contribution in [0.1, 0.15) is 48.0 Å². The predicted octanol–water partition coefficient (Wildman–Crippen LogP) is 3.64. The number of aryl methyl sites for hydroxylation is 1. The van der Waals surface area contributed by atoms with Crippen molar-refractivity contribution < 1.29 is 24.5 Å². The van der Waals surface area contributed by atoms with Crippen LogP contribution in [-0.2, 0) is 11.2 Å². The number of anilines is 1. The Balaban J connectivity index is 1.51. The first-order valence-corrected chi connectivity index (χ1v) is 9.59. The number of carbonyl (C=O) groups is 2. The Labute approximate surface area is 164 Å². The second-order valence-electron chi connectivity index (χ2n) is 7.04. The lowest BCUT2D eigenvalue weighted by molar-refractivity contribution is -0.116. The van der Waals surface area contributed by atoms with Crippen molar-refractivity contribution in [2.24, 2.45) is 0 Å². The zero-order valence-corrected chi connectivity index (χ0v) is 15.6. The minimum absolute atomic E-state index is 0.177. The van der Waals surface area contributed by atoms with Gasteiger partial charge in [0.15, 0.2) is 0 Å². The highest BCUT2D eigenvalue weighted by atomic mass is 16.5. The normalized spacial score (nSPS) is 19.0. The molecule has 0 heterocycles. The van der Waals surface area contributed by atoms with E-state index in [1.165, 1.54) is 6.07 Å². The fourth-order valence-electron chi connectivity index (χ4n) is 3.43. The molecule has 0 aromatic heterocycles. The van der Waals surface area contributed by atoms with Crippen molar-refractivity contribution >= 4 is 17.6 Å². The van der Waals surface area contributed by atoms with Crippen LogP contribution in [0.3, 0.4) is 0 Å². The number of carboxylic acids is 1. The van der Waals surface area contributed by atoms with Gasteiger partial charge in [-0.3, -0.25) is 4.79 Å². The van der Waals surface area contributed by atoms with E-state index in [-0.39, 0.29) is 24.0 Å². The summed E-state index contributed by atoms with van der Waals surface area (Å²) in [6.45, 7) is 0. The molecule has 1 saturated carbocycles. The summed E-state index contributed by atoms with van der Waals surface area (Å²) in [6, 6.07) is 13.8.